The first-order valence-electron chi connectivity index (χ1n) is 8.88. The third-order valence-electron chi connectivity index (χ3n) is 4.72. The molecule has 0 N–H and O–H groups in total. The van der Waals surface area contributed by atoms with Gasteiger partial charge in [-0.05, 0) is 36.6 Å². The summed E-state index contributed by atoms with van der Waals surface area (Å²) in [7, 11) is -3.64. The van der Waals surface area contributed by atoms with Gasteiger partial charge in [0.15, 0.2) is 0 Å². The summed E-state index contributed by atoms with van der Waals surface area (Å²) in [6.45, 7) is 3.13. The Hall–Kier alpha value is -2.53. The molecule has 0 amide bonds. The number of para-hydroxylation sites is 1. The fourth-order valence-corrected chi connectivity index (χ4v) is 5.19. The van der Waals surface area contributed by atoms with Crippen LogP contribution in [0.25, 0.3) is 10.8 Å². The Morgan fingerprint density at radius 2 is 1.69 bits per heavy atom. The zero-order chi connectivity index (χ0) is 18.1. The van der Waals surface area contributed by atoms with Gasteiger partial charge in [-0.2, -0.15) is 0 Å². The molecular formula is C21H21NO3S. The normalized spacial score (nSPS) is 13.8. The largest absolute Gasteiger partial charge is 0.493 e. The van der Waals surface area contributed by atoms with Crippen molar-refractivity contribution in [3.05, 3.63) is 66.2 Å². The van der Waals surface area contributed by atoms with Crippen LogP contribution in [0.2, 0.25) is 0 Å². The van der Waals surface area contributed by atoms with Crippen LogP contribution in [-0.2, 0) is 16.4 Å². The van der Waals surface area contributed by atoms with E-state index in [2.05, 4.69) is 0 Å². The lowest BCUT2D eigenvalue weighted by molar-refractivity contribution is 0.321. The second-order valence-electron chi connectivity index (χ2n) is 6.41. The summed E-state index contributed by atoms with van der Waals surface area (Å²) in [5.41, 5.74) is 1.85. The Labute approximate surface area is 154 Å². The summed E-state index contributed by atoms with van der Waals surface area (Å²) in [5, 5.41) is 1.53. The van der Waals surface area contributed by atoms with E-state index in [1.54, 1.807) is 12.1 Å². The van der Waals surface area contributed by atoms with Gasteiger partial charge in [0.1, 0.15) is 5.75 Å². The van der Waals surface area contributed by atoms with E-state index in [1.165, 1.54) is 4.31 Å². The van der Waals surface area contributed by atoms with Crippen molar-refractivity contribution in [2.75, 3.05) is 17.5 Å². The van der Waals surface area contributed by atoms with Crippen LogP contribution in [0.4, 0.5) is 5.69 Å². The Morgan fingerprint density at radius 1 is 0.962 bits per heavy atom. The third kappa shape index (κ3) is 2.72. The first kappa shape index (κ1) is 16.9. The van der Waals surface area contributed by atoms with Gasteiger partial charge >= 0.3 is 0 Å². The first-order valence-corrected chi connectivity index (χ1v) is 10.3. The molecule has 0 aromatic heterocycles. The van der Waals surface area contributed by atoms with E-state index in [-0.39, 0.29) is 0 Å². The molecule has 0 atom stereocenters. The molecule has 1 aliphatic heterocycles. The van der Waals surface area contributed by atoms with Crippen molar-refractivity contribution in [3.8, 4) is 5.75 Å². The van der Waals surface area contributed by atoms with Gasteiger partial charge in [0.05, 0.1) is 17.2 Å². The Bertz CT molecular complexity index is 1060. The maximum atomic E-state index is 13.4. The smallest absolute Gasteiger partial charge is 0.264 e. The van der Waals surface area contributed by atoms with Crippen LogP contribution in [0.5, 0.6) is 5.75 Å². The van der Waals surface area contributed by atoms with Crippen molar-refractivity contribution in [2.24, 2.45) is 0 Å². The number of fused-ring (bicyclic) bond motifs is 2. The van der Waals surface area contributed by atoms with E-state index in [9.17, 15) is 8.42 Å². The van der Waals surface area contributed by atoms with Gasteiger partial charge < -0.3 is 4.74 Å². The van der Waals surface area contributed by atoms with Gasteiger partial charge in [-0.3, -0.25) is 4.31 Å². The average Bonchev–Trinajstić information content (AvgIpc) is 3.11. The van der Waals surface area contributed by atoms with E-state index in [0.29, 0.717) is 23.4 Å². The molecule has 0 bridgehead atoms. The van der Waals surface area contributed by atoms with Gasteiger partial charge in [-0.25, -0.2) is 8.42 Å². The standard InChI is InChI=1S/C21H21NO3S/c1-2-15-25-20-11-12-21(18-9-5-4-8-17(18)20)26(23,24)22-14-13-16-7-3-6-10-19(16)22/h3-12H,2,13-15H2,1H3. The predicted octanol–water partition coefficient (Wildman–Crippen LogP) is 4.38. The second-order valence-corrected chi connectivity index (χ2v) is 8.24. The molecule has 0 fully saturated rings. The summed E-state index contributed by atoms with van der Waals surface area (Å²) in [5.74, 6) is 0.725. The number of benzene rings is 3. The molecule has 1 aliphatic rings. The molecule has 1 heterocycles. The second kappa shape index (κ2) is 6.65. The molecule has 0 saturated heterocycles. The summed E-state index contributed by atoms with van der Waals surface area (Å²) >= 11 is 0. The van der Waals surface area contributed by atoms with E-state index in [1.807, 2.05) is 55.5 Å². The fourth-order valence-electron chi connectivity index (χ4n) is 3.48. The lowest BCUT2D eigenvalue weighted by atomic mass is 10.1. The summed E-state index contributed by atoms with van der Waals surface area (Å²) < 4.78 is 34.2. The summed E-state index contributed by atoms with van der Waals surface area (Å²) in [4.78, 5) is 0.327. The number of anilines is 1. The van der Waals surface area contributed by atoms with Gasteiger partial charge in [0.25, 0.3) is 10.0 Å². The van der Waals surface area contributed by atoms with Crippen molar-refractivity contribution < 1.29 is 13.2 Å². The molecule has 134 valence electrons. The van der Waals surface area contributed by atoms with Crippen LogP contribution >= 0.6 is 0 Å². The van der Waals surface area contributed by atoms with Crippen LogP contribution < -0.4 is 9.04 Å². The monoisotopic (exact) mass is 367 g/mol. The van der Waals surface area contributed by atoms with Gasteiger partial charge in [0, 0.05) is 17.3 Å². The van der Waals surface area contributed by atoms with Crippen LogP contribution in [-0.4, -0.2) is 21.6 Å². The summed E-state index contributed by atoms with van der Waals surface area (Å²) in [6.07, 6.45) is 1.64. The highest BCUT2D eigenvalue weighted by Crippen LogP contribution is 2.37. The van der Waals surface area contributed by atoms with Crippen LogP contribution in [0.3, 0.4) is 0 Å². The van der Waals surface area contributed by atoms with E-state index >= 15 is 0 Å². The molecule has 3 aromatic carbocycles. The molecule has 4 rings (SSSR count). The Morgan fingerprint density at radius 3 is 2.50 bits per heavy atom. The average molecular weight is 367 g/mol. The van der Waals surface area contributed by atoms with E-state index in [0.717, 1.165) is 35.2 Å². The SMILES string of the molecule is CCCOc1ccc(S(=O)(=O)N2CCc3ccccc32)c2ccccc12. The molecule has 0 spiro atoms. The quantitative estimate of drug-likeness (QED) is 0.672. The zero-order valence-electron chi connectivity index (χ0n) is 14.7. The first-order chi connectivity index (χ1) is 12.6. The number of nitrogens with zero attached hydrogens (tertiary/aromatic N) is 1. The van der Waals surface area contributed by atoms with Gasteiger partial charge in [-0.1, -0.05) is 49.4 Å². The predicted molar refractivity (Wildman–Crippen MR) is 104 cm³/mol. The molecule has 26 heavy (non-hydrogen) atoms. The minimum Gasteiger partial charge on any atom is -0.493 e. The van der Waals surface area contributed by atoms with Crippen molar-refractivity contribution in [1.29, 1.82) is 0 Å². The molecule has 0 unspecified atom stereocenters. The van der Waals surface area contributed by atoms with Crippen LogP contribution in [0, 0.1) is 0 Å². The zero-order valence-corrected chi connectivity index (χ0v) is 15.5. The van der Waals surface area contributed by atoms with E-state index < -0.39 is 10.0 Å². The maximum Gasteiger partial charge on any atom is 0.264 e. The minimum atomic E-state index is -3.64. The van der Waals surface area contributed by atoms with Crippen molar-refractivity contribution in [2.45, 2.75) is 24.7 Å². The lowest BCUT2D eigenvalue weighted by Gasteiger charge is -2.21. The molecule has 3 aromatic rings. The number of sulfonamides is 1. The topological polar surface area (TPSA) is 46.6 Å². The maximum absolute atomic E-state index is 13.4. The third-order valence-corrected chi connectivity index (χ3v) is 6.59. The van der Waals surface area contributed by atoms with Crippen molar-refractivity contribution >= 4 is 26.5 Å². The Balaban J connectivity index is 1.84. The van der Waals surface area contributed by atoms with Gasteiger partial charge in [-0.15, -0.1) is 0 Å². The summed E-state index contributed by atoms with van der Waals surface area (Å²) in [6, 6.07) is 18.7. The molecule has 0 saturated carbocycles. The highest BCUT2D eigenvalue weighted by atomic mass is 32.2. The number of ether oxygens (including phenoxy) is 1. The molecule has 0 radical (unpaired) electrons. The van der Waals surface area contributed by atoms with Crippen LogP contribution in [0.1, 0.15) is 18.9 Å². The number of rotatable bonds is 5. The minimum absolute atomic E-state index is 0.327. The number of hydrogen-bond acceptors (Lipinski definition) is 3. The molecule has 5 heteroatoms. The highest BCUT2D eigenvalue weighted by Gasteiger charge is 2.32. The van der Waals surface area contributed by atoms with E-state index in [4.69, 9.17) is 4.74 Å². The number of hydrogen-bond donors (Lipinski definition) is 0. The van der Waals surface area contributed by atoms with Crippen molar-refractivity contribution in [1.82, 2.24) is 0 Å². The lowest BCUT2D eigenvalue weighted by Crippen LogP contribution is -2.29. The molecular weight excluding hydrogens is 346 g/mol. The fraction of sp³-hybridized carbons (Fsp3) is 0.238. The Kier molecular flexibility index (Phi) is 4.32. The molecule has 4 nitrogen and oxygen atoms in total. The molecule has 0 aliphatic carbocycles. The van der Waals surface area contributed by atoms with Crippen molar-refractivity contribution in [3.63, 3.8) is 0 Å². The highest BCUT2D eigenvalue weighted by molar-refractivity contribution is 7.93. The van der Waals surface area contributed by atoms with Gasteiger partial charge in [0.2, 0.25) is 0 Å². The van der Waals surface area contributed by atoms with Crippen LogP contribution in [0.15, 0.2) is 65.6 Å².